The SMILES string of the molecule is COc1cc(OC)c2c3c[nH]c2c1C=NCCCCCCCCCCN=C3. The molecule has 1 N–H and O–H groups in total. The maximum Gasteiger partial charge on any atom is 0.133 e. The molecule has 2 heterocycles. The van der Waals surface area contributed by atoms with Crippen molar-refractivity contribution in [2.24, 2.45) is 9.98 Å². The number of nitrogens with zero attached hydrogens (tertiary/aromatic N) is 2. The number of nitrogens with one attached hydrogen (secondary N) is 1. The fourth-order valence-corrected chi connectivity index (χ4v) is 3.65. The molecular weight excluding hydrogens is 338 g/mol. The smallest absolute Gasteiger partial charge is 0.133 e. The Morgan fingerprint density at radius 1 is 0.778 bits per heavy atom. The number of methoxy groups -OCH3 is 2. The molecule has 1 aromatic carbocycles. The Bertz CT molecular complexity index is 792. The molecule has 5 heteroatoms. The van der Waals surface area contributed by atoms with E-state index in [1.165, 1.54) is 38.5 Å². The van der Waals surface area contributed by atoms with Gasteiger partial charge in [0.2, 0.25) is 0 Å². The van der Waals surface area contributed by atoms with Crippen LogP contribution in [0.25, 0.3) is 10.9 Å². The third-order valence-corrected chi connectivity index (χ3v) is 5.17. The largest absolute Gasteiger partial charge is 0.496 e. The van der Waals surface area contributed by atoms with Gasteiger partial charge in [-0.25, -0.2) is 0 Å². The lowest BCUT2D eigenvalue weighted by Gasteiger charge is -2.11. The Labute approximate surface area is 161 Å². The first kappa shape index (κ1) is 19.5. The van der Waals surface area contributed by atoms with E-state index in [2.05, 4.69) is 15.0 Å². The van der Waals surface area contributed by atoms with Crippen molar-refractivity contribution in [3.8, 4) is 11.5 Å². The first-order valence-electron chi connectivity index (χ1n) is 10.1. The van der Waals surface area contributed by atoms with E-state index in [-0.39, 0.29) is 0 Å². The summed E-state index contributed by atoms with van der Waals surface area (Å²) in [7, 11) is 3.37. The normalized spacial score (nSPS) is 17.0. The molecule has 0 fully saturated rings. The van der Waals surface area contributed by atoms with Crippen LogP contribution < -0.4 is 9.47 Å². The number of aromatic nitrogens is 1. The molecule has 0 amide bonds. The fraction of sp³-hybridized carbons (Fsp3) is 0.545. The van der Waals surface area contributed by atoms with Gasteiger partial charge in [0.25, 0.3) is 0 Å². The molecule has 0 saturated heterocycles. The predicted molar refractivity (Wildman–Crippen MR) is 113 cm³/mol. The first-order valence-corrected chi connectivity index (χ1v) is 10.1. The lowest BCUT2D eigenvalue weighted by Crippen LogP contribution is -1.97. The first-order chi connectivity index (χ1) is 13.3. The molecule has 146 valence electrons. The third kappa shape index (κ3) is 4.90. The summed E-state index contributed by atoms with van der Waals surface area (Å²) in [6.45, 7) is 1.73. The number of benzene rings is 1. The Hall–Kier alpha value is -2.30. The fourth-order valence-electron chi connectivity index (χ4n) is 3.65. The highest BCUT2D eigenvalue weighted by Gasteiger charge is 2.16. The zero-order valence-corrected chi connectivity index (χ0v) is 16.6. The summed E-state index contributed by atoms with van der Waals surface area (Å²) in [5, 5.41) is 1.03. The van der Waals surface area contributed by atoms with Gasteiger partial charge in [-0.05, 0) is 12.8 Å². The number of hydrogen-bond donors (Lipinski definition) is 1. The van der Waals surface area contributed by atoms with Gasteiger partial charge in [0.1, 0.15) is 11.5 Å². The maximum absolute atomic E-state index is 5.63. The molecule has 0 saturated carbocycles. The quantitative estimate of drug-likeness (QED) is 0.795. The van der Waals surface area contributed by atoms with Gasteiger partial charge in [0, 0.05) is 43.3 Å². The van der Waals surface area contributed by atoms with Crippen molar-refractivity contribution in [1.82, 2.24) is 4.98 Å². The van der Waals surface area contributed by atoms with Crippen LogP contribution in [0.1, 0.15) is 62.5 Å². The van der Waals surface area contributed by atoms with E-state index in [4.69, 9.17) is 9.47 Å². The summed E-state index contributed by atoms with van der Waals surface area (Å²) in [4.78, 5) is 12.7. The van der Waals surface area contributed by atoms with E-state index < -0.39 is 0 Å². The van der Waals surface area contributed by atoms with E-state index >= 15 is 0 Å². The minimum Gasteiger partial charge on any atom is -0.496 e. The van der Waals surface area contributed by atoms with E-state index in [0.29, 0.717) is 0 Å². The van der Waals surface area contributed by atoms with Crippen molar-refractivity contribution in [3.63, 3.8) is 0 Å². The highest BCUT2D eigenvalue weighted by molar-refractivity contribution is 6.10. The number of aromatic amines is 1. The van der Waals surface area contributed by atoms with Gasteiger partial charge in [-0.15, -0.1) is 0 Å². The van der Waals surface area contributed by atoms with Crippen LogP contribution in [0, 0.1) is 0 Å². The molecule has 5 nitrogen and oxygen atoms in total. The van der Waals surface area contributed by atoms with Crippen molar-refractivity contribution in [2.45, 2.75) is 51.4 Å². The van der Waals surface area contributed by atoms with Gasteiger partial charge >= 0.3 is 0 Å². The molecule has 1 aliphatic heterocycles. The number of hydrogen-bond acceptors (Lipinski definition) is 4. The van der Waals surface area contributed by atoms with Crippen LogP contribution in [-0.2, 0) is 0 Å². The Morgan fingerprint density at radius 3 is 2.00 bits per heavy atom. The molecule has 0 radical (unpaired) electrons. The molecule has 0 aliphatic carbocycles. The minimum absolute atomic E-state index is 0.767. The molecule has 27 heavy (non-hydrogen) atoms. The van der Waals surface area contributed by atoms with E-state index in [1.54, 1.807) is 14.2 Å². The van der Waals surface area contributed by atoms with Gasteiger partial charge < -0.3 is 14.5 Å². The van der Waals surface area contributed by atoms with E-state index in [9.17, 15) is 0 Å². The summed E-state index contributed by atoms with van der Waals surface area (Å²) >= 11 is 0. The topological polar surface area (TPSA) is 59.0 Å². The highest BCUT2D eigenvalue weighted by atomic mass is 16.5. The monoisotopic (exact) mass is 369 g/mol. The van der Waals surface area contributed by atoms with E-state index in [0.717, 1.165) is 59.5 Å². The van der Waals surface area contributed by atoms with Crippen LogP contribution >= 0.6 is 0 Å². The van der Waals surface area contributed by atoms with Crippen LogP contribution in [0.5, 0.6) is 11.5 Å². The minimum atomic E-state index is 0.767. The summed E-state index contributed by atoms with van der Waals surface area (Å²) < 4.78 is 11.2. The zero-order valence-electron chi connectivity index (χ0n) is 16.6. The average molecular weight is 370 g/mol. The Balaban J connectivity index is 1.97. The van der Waals surface area contributed by atoms with Crippen molar-refractivity contribution in [1.29, 1.82) is 0 Å². The molecule has 1 aromatic heterocycles. The highest BCUT2D eigenvalue weighted by Crippen LogP contribution is 2.36. The lowest BCUT2D eigenvalue weighted by atomic mass is 10.1. The third-order valence-electron chi connectivity index (χ3n) is 5.17. The van der Waals surface area contributed by atoms with Crippen molar-refractivity contribution in [2.75, 3.05) is 27.3 Å². The van der Waals surface area contributed by atoms with Crippen molar-refractivity contribution in [3.05, 3.63) is 23.4 Å². The Kier molecular flexibility index (Phi) is 7.31. The molecule has 0 spiro atoms. The van der Waals surface area contributed by atoms with Crippen LogP contribution in [-0.4, -0.2) is 44.7 Å². The summed E-state index contributed by atoms with van der Waals surface area (Å²) in [5.74, 6) is 1.55. The van der Waals surface area contributed by atoms with Crippen molar-refractivity contribution >= 4 is 23.3 Å². The number of rotatable bonds is 2. The molecule has 2 aromatic rings. The van der Waals surface area contributed by atoms with Crippen LogP contribution in [0.3, 0.4) is 0 Å². The average Bonchev–Trinajstić information content (AvgIpc) is 3.11. The maximum atomic E-state index is 5.63. The number of ether oxygens (including phenoxy) is 2. The second-order valence-electron chi connectivity index (χ2n) is 7.09. The summed E-state index contributed by atoms with van der Waals surface area (Å²) in [6.07, 6.45) is 16.0. The second kappa shape index (κ2) is 10.1. The van der Waals surface area contributed by atoms with Crippen LogP contribution in [0.15, 0.2) is 22.2 Å². The molecule has 0 atom stereocenters. The summed E-state index contributed by atoms with van der Waals surface area (Å²) in [6, 6.07) is 1.94. The van der Waals surface area contributed by atoms with E-state index in [1.807, 2.05) is 24.7 Å². The van der Waals surface area contributed by atoms with Gasteiger partial charge in [-0.3, -0.25) is 9.98 Å². The van der Waals surface area contributed by atoms with Crippen LogP contribution in [0.2, 0.25) is 0 Å². The zero-order chi connectivity index (χ0) is 18.9. The van der Waals surface area contributed by atoms with Gasteiger partial charge in [-0.1, -0.05) is 38.5 Å². The standard InChI is InChI=1S/C22H31N3O2/c1-26-19-13-20(27-2)21-17-14-23-11-9-7-5-3-4-6-8-10-12-24-16-18(19)22(21)25-15-17/h13-16,25H,3-12H2,1-2H3. The van der Waals surface area contributed by atoms with Crippen molar-refractivity contribution < 1.29 is 9.47 Å². The predicted octanol–water partition coefficient (Wildman–Crippen LogP) is 5.16. The number of aliphatic imine (C=N–C) groups is 2. The molecule has 3 rings (SSSR count). The van der Waals surface area contributed by atoms with Gasteiger partial charge in [0.15, 0.2) is 0 Å². The summed E-state index contributed by atoms with van der Waals surface area (Å²) in [5.41, 5.74) is 2.99. The molecule has 0 unspecified atom stereocenters. The molecule has 1 aliphatic rings. The van der Waals surface area contributed by atoms with Gasteiger partial charge in [0.05, 0.1) is 30.7 Å². The Morgan fingerprint density at radius 2 is 1.37 bits per heavy atom. The molecule has 4 bridgehead atoms. The van der Waals surface area contributed by atoms with Gasteiger partial charge in [-0.2, -0.15) is 0 Å². The molecular formula is C22H31N3O2. The second-order valence-corrected chi connectivity index (χ2v) is 7.09. The van der Waals surface area contributed by atoms with Crippen LogP contribution in [0.4, 0.5) is 0 Å². The lowest BCUT2D eigenvalue weighted by molar-refractivity contribution is 0.397. The number of H-pyrrole nitrogens is 1.